The molecule has 25 heavy (non-hydrogen) atoms. The topological polar surface area (TPSA) is 84.4 Å². The molecule has 0 saturated carbocycles. The lowest BCUT2D eigenvalue weighted by Gasteiger charge is -2.16. The van der Waals surface area contributed by atoms with Crippen molar-refractivity contribution in [2.75, 3.05) is 30.4 Å². The Morgan fingerprint density at radius 3 is 2.64 bits per heavy atom. The van der Waals surface area contributed by atoms with Gasteiger partial charge in [0.25, 0.3) is 5.91 Å². The van der Waals surface area contributed by atoms with E-state index in [4.69, 9.17) is 4.74 Å². The summed E-state index contributed by atoms with van der Waals surface area (Å²) >= 11 is 0. The van der Waals surface area contributed by atoms with Gasteiger partial charge in [-0.1, -0.05) is 6.07 Å². The maximum absolute atomic E-state index is 12.5. The molecule has 0 bridgehead atoms. The van der Waals surface area contributed by atoms with Gasteiger partial charge in [-0.05, 0) is 44.0 Å². The highest BCUT2D eigenvalue weighted by molar-refractivity contribution is 6.03. The monoisotopic (exact) mass is 340 g/mol. The number of benzene rings is 1. The summed E-state index contributed by atoms with van der Waals surface area (Å²) < 4.78 is 4.69. The van der Waals surface area contributed by atoms with Gasteiger partial charge >= 0.3 is 5.97 Å². The maximum Gasteiger partial charge on any atom is 0.337 e. The van der Waals surface area contributed by atoms with Gasteiger partial charge in [0.1, 0.15) is 5.69 Å². The maximum atomic E-state index is 12.5. The van der Waals surface area contributed by atoms with Gasteiger partial charge in [0, 0.05) is 24.5 Å². The molecule has 2 heterocycles. The van der Waals surface area contributed by atoms with Crippen LogP contribution in [-0.2, 0) is 4.74 Å². The minimum absolute atomic E-state index is 0.304. The first-order chi connectivity index (χ1) is 12.1. The third-order valence-corrected chi connectivity index (χ3v) is 4.01. The van der Waals surface area contributed by atoms with Crippen LogP contribution in [0.5, 0.6) is 0 Å². The Labute approximate surface area is 146 Å². The summed E-state index contributed by atoms with van der Waals surface area (Å²) in [6.07, 6.45) is 2.22. The van der Waals surface area contributed by atoms with E-state index in [2.05, 4.69) is 20.2 Å². The molecule has 1 aromatic carbocycles. The number of carbonyl (C=O) groups is 2. The minimum atomic E-state index is -0.453. The molecule has 0 radical (unpaired) electrons. The molecule has 0 unspecified atom stereocenters. The van der Waals surface area contributed by atoms with Crippen molar-refractivity contribution in [3.05, 3.63) is 47.3 Å². The van der Waals surface area contributed by atoms with Crippen LogP contribution in [0.2, 0.25) is 0 Å². The molecule has 1 aliphatic rings. The zero-order valence-corrected chi connectivity index (χ0v) is 14.3. The zero-order valence-electron chi connectivity index (χ0n) is 14.3. The van der Waals surface area contributed by atoms with Gasteiger partial charge in [0.15, 0.2) is 0 Å². The number of hydrogen-bond donors (Lipinski definition) is 1. The third-order valence-electron chi connectivity index (χ3n) is 4.01. The Morgan fingerprint density at radius 2 is 1.92 bits per heavy atom. The fraction of sp³-hybridized carbons (Fsp3) is 0.333. The number of anilines is 2. The van der Waals surface area contributed by atoms with Gasteiger partial charge in [-0.3, -0.25) is 4.79 Å². The molecule has 1 amide bonds. The summed E-state index contributed by atoms with van der Waals surface area (Å²) in [5, 5.41) is 2.77. The number of amides is 1. The van der Waals surface area contributed by atoms with Crippen molar-refractivity contribution in [1.82, 2.24) is 9.97 Å². The second-order valence-corrected chi connectivity index (χ2v) is 5.92. The highest BCUT2D eigenvalue weighted by Gasteiger charge is 2.18. The molecule has 130 valence electrons. The Hall–Kier alpha value is -2.96. The van der Waals surface area contributed by atoms with E-state index in [1.165, 1.54) is 7.11 Å². The van der Waals surface area contributed by atoms with Crippen LogP contribution in [0.15, 0.2) is 30.3 Å². The van der Waals surface area contributed by atoms with Crippen molar-refractivity contribution in [3.63, 3.8) is 0 Å². The molecule has 2 aromatic rings. The number of aryl methyl sites for hydroxylation is 1. The van der Waals surface area contributed by atoms with Crippen molar-refractivity contribution in [2.24, 2.45) is 0 Å². The molecule has 0 aliphatic carbocycles. The molecule has 1 aromatic heterocycles. The first-order valence-electron chi connectivity index (χ1n) is 8.17. The van der Waals surface area contributed by atoms with Gasteiger partial charge in [-0.15, -0.1) is 0 Å². The number of nitrogens with zero attached hydrogens (tertiary/aromatic N) is 3. The number of esters is 1. The number of hydrogen-bond acceptors (Lipinski definition) is 6. The number of nitrogens with one attached hydrogen (secondary N) is 1. The van der Waals surface area contributed by atoms with E-state index in [1.54, 1.807) is 30.3 Å². The Bertz CT molecular complexity index is 801. The van der Waals surface area contributed by atoms with Crippen LogP contribution in [0, 0.1) is 6.92 Å². The predicted molar refractivity (Wildman–Crippen MR) is 94.0 cm³/mol. The van der Waals surface area contributed by atoms with Crippen molar-refractivity contribution in [3.8, 4) is 0 Å². The molecular weight excluding hydrogens is 320 g/mol. The lowest BCUT2D eigenvalue weighted by atomic mass is 10.2. The van der Waals surface area contributed by atoms with Crippen molar-refractivity contribution in [2.45, 2.75) is 19.8 Å². The second kappa shape index (κ2) is 7.29. The van der Waals surface area contributed by atoms with E-state index >= 15 is 0 Å². The van der Waals surface area contributed by atoms with Crippen LogP contribution in [0.25, 0.3) is 0 Å². The number of ether oxygens (including phenoxy) is 1. The molecule has 0 atom stereocenters. The van der Waals surface area contributed by atoms with E-state index in [0.717, 1.165) is 31.6 Å². The molecule has 1 N–H and O–H groups in total. The number of aromatic nitrogens is 2. The summed E-state index contributed by atoms with van der Waals surface area (Å²) in [7, 11) is 1.32. The molecule has 1 saturated heterocycles. The summed E-state index contributed by atoms with van der Waals surface area (Å²) in [5.74, 6) is -0.204. The average molecular weight is 340 g/mol. The SMILES string of the molecule is COC(=O)c1cccc(NC(=O)c2cc(C)nc(N3CCCC3)n2)c1. The van der Waals surface area contributed by atoms with E-state index in [-0.39, 0.29) is 5.91 Å². The van der Waals surface area contributed by atoms with E-state index < -0.39 is 5.97 Å². The van der Waals surface area contributed by atoms with Crippen LogP contribution >= 0.6 is 0 Å². The van der Waals surface area contributed by atoms with Crippen LogP contribution in [0.3, 0.4) is 0 Å². The summed E-state index contributed by atoms with van der Waals surface area (Å²) in [5.41, 5.74) is 1.92. The van der Waals surface area contributed by atoms with Crippen molar-refractivity contribution < 1.29 is 14.3 Å². The minimum Gasteiger partial charge on any atom is -0.465 e. The molecule has 7 heteroatoms. The van der Waals surface area contributed by atoms with Crippen molar-refractivity contribution >= 4 is 23.5 Å². The zero-order chi connectivity index (χ0) is 17.8. The van der Waals surface area contributed by atoms with Crippen LogP contribution in [0.4, 0.5) is 11.6 Å². The highest BCUT2D eigenvalue weighted by atomic mass is 16.5. The standard InChI is InChI=1S/C18H20N4O3/c1-12-10-15(21-18(19-12)22-8-3-4-9-22)16(23)20-14-7-5-6-13(11-14)17(24)25-2/h5-7,10-11H,3-4,8-9H2,1-2H3,(H,20,23). The van der Waals surface area contributed by atoms with Crippen LogP contribution < -0.4 is 10.2 Å². The van der Waals surface area contributed by atoms with Gasteiger partial charge in [0.05, 0.1) is 12.7 Å². The first kappa shape index (κ1) is 16.9. The lowest BCUT2D eigenvalue weighted by molar-refractivity contribution is 0.0600. The van der Waals surface area contributed by atoms with E-state index in [1.807, 2.05) is 6.92 Å². The summed E-state index contributed by atoms with van der Waals surface area (Å²) in [6, 6.07) is 8.24. The van der Waals surface area contributed by atoms with Gasteiger partial charge in [-0.2, -0.15) is 0 Å². The summed E-state index contributed by atoms with van der Waals surface area (Å²) in [6.45, 7) is 3.66. The molecule has 3 rings (SSSR count). The van der Waals surface area contributed by atoms with Crippen LogP contribution in [-0.4, -0.2) is 42.0 Å². The van der Waals surface area contributed by atoms with Gasteiger partial charge < -0.3 is 15.0 Å². The molecular formula is C18H20N4O3. The fourth-order valence-corrected chi connectivity index (χ4v) is 2.76. The quantitative estimate of drug-likeness (QED) is 0.861. The van der Waals surface area contributed by atoms with E-state index in [9.17, 15) is 9.59 Å². The molecule has 7 nitrogen and oxygen atoms in total. The fourth-order valence-electron chi connectivity index (χ4n) is 2.76. The average Bonchev–Trinajstić information content (AvgIpc) is 3.15. The molecule has 1 aliphatic heterocycles. The Balaban J connectivity index is 1.80. The predicted octanol–water partition coefficient (Wildman–Crippen LogP) is 2.42. The molecule has 1 fully saturated rings. The third kappa shape index (κ3) is 3.93. The van der Waals surface area contributed by atoms with Gasteiger partial charge in [0.2, 0.25) is 5.95 Å². The highest BCUT2D eigenvalue weighted by Crippen LogP contribution is 2.18. The lowest BCUT2D eigenvalue weighted by Crippen LogP contribution is -2.23. The normalized spacial score (nSPS) is 13.6. The molecule has 0 spiro atoms. The smallest absolute Gasteiger partial charge is 0.337 e. The first-order valence-corrected chi connectivity index (χ1v) is 8.17. The van der Waals surface area contributed by atoms with E-state index in [0.29, 0.717) is 22.9 Å². The summed E-state index contributed by atoms with van der Waals surface area (Å²) in [4.78, 5) is 35.1. The largest absolute Gasteiger partial charge is 0.465 e. The van der Waals surface area contributed by atoms with Crippen LogP contribution in [0.1, 0.15) is 39.4 Å². The second-order valence-electron chi connectivity index (χ2n) is 5.92. The Kier molecular flexibility index (Phi) is 4.92. The Morgan fingerprint density at radius 1 is 1.16 bits per heavy atom. The van der Waals surface area contributed by atoms with Crippen molar-refractivity contribution in [1.29, 1.82) is 0 Å². The number of rotatable bonds is 4. The number of carbonyl (C=O) groups excluding carboxylic acids is 2. The number of methoxy groups -OCH3 is 1. The van der Waals surface area contributed by atoms with Gasteiger partial charge in [-0.25, -0.2) is 14.8 Å².